The number of methoxy groups -OCH3 is 1. The first-order valence-corrected chi connectivity index (χ1v) is 6.65. The quantitative estimate of drug-likeness (QED) is 0.731. The molecule has 0 radical (unpaired) electrons. The van der Waals surface area contributed by atoms with E-state index in [2.05, 4.69) is 0 Å². The summed E-state index contributed by atoms with van der Waals surface area (Å²) in [6, 6.07) is 7.34. The third-order valence-electron chi connectivity index (χ3n) is 2.72. The van der Waals surface area contributed by atoms with Gasteiger partial charge in [-0.15, -0.1) is 0 Å². The van der Waals surface area contributed by atoms with Gasteiger partial charge in [-0.25, -0.2) is 0 Å². The fraction of sp³-hybridized carbons (Fsp3) is 0.533. The molecule has 5 heteroatoms. The van der Waals surface area contributed by atoms with Gasteiger partial charge in [0.25, 0.3) is 0 Å². The second-order valence-corrected chi connectivity index (χ2v) is 4.70. The summed E-state index contributed by atoms with van der Waals surface area (Å²) >= 11 is 0. The second kappa shape index (κ2) is 8.43. The molecular weight excluding hydrogens is 258 g/mol. The van der Waals surface area contributed by atoms with Crippen molar-refractivity contribution in [3.05, 3.63) is 24.3 Å². The highest BCUT2D eigenvalue weighted by Gasteiger charge is 2.09. The Balaban J connectivity index is 2.26. The average molecular weight is 281 g/mol. The maximum atomic E-state index is 11.7. The van der Waals surface area contributed by atoms with E-state index in [1.807, 2.05) is 38.1 Å². The van der Waals surface area contributed by atoms with E-state index in [-0.39, 0.29) is 18.6 Å². The number of hydrogen-bond donors (Lipinski definition) is 0. The van der Waals surface area contributed by atoms with Crippen LogP contribution in [0, 0.1) is 0 Å². The minimum Gasteiger partial charge on any atom is -0.497 e. The molecule has 0 unspecified atom stereocenters. The Labute approximate surface area is 120 Å². The van der Waals surface area contributed by atoms with Crippen molar-refractivity contribution in [3.8, 4) is 11.5 Å². The molecule has 0 aliphatic rings. The summed E-state index contributed by atoms with van der Waals surface area (Å²) in [7, 11) is 3.36. The molecule has 1 aromatic carbocycles. The van der Waals surface area contributed by atoms with E-state index in [0.717, 1.165) is 11.5 Å². The highest BCUT2D eigenvalue weighted by atomic mass is 16.5. The van der Waals surface area contributed by atoms with Gasteiger partial charge in [-0.2, -0.15) is 0 Å². The average Bonchev–Trinajstić information content (AvgIpc) is 2.45. The van der Waals surface area contributed by atoms with Crippen molar-refractivity contribution in [1.29, 1.82) is 0 Å². The molecule has 0 bridgehead atoms. The number of ether oxygens (including phenoxy) is 3. The zero-order valence-electron chi connectivity index (χ0n) is 12.6. The molecule has 0 aliphatic carbocycles. The minimum atomic E-state index is -0.0444. The van der Waals surface area contributed by atoms with E-state index in [1.165, 1.54) is 0 Å². The summed E-state index contributed by atoms with van der Waals surface area (Å²) in [5.41, 5.74) is 0. The number of likely N-dealkylation sites (N-methyl/N-ethyl adjacent to an activating group) is 1. The standard InChI is InChI=1S/C15H23NO4/c1-12(2)20-11-15(17)16(3)9-10-19-14-7-5-13(18-4)6-8-14/h5-8,12H,9-11H2,1-4H3. The number of nitrogens with zero attached hydrogens (tertiary/aromatic N) is 1. The molecule has 1 aromatic rings. The summed E-state index contributed by atoms with van der Waals surface area (Å²) < 4.78 is 15.9. The molecule has 0 aromatic heterocycles. The summed E-state index contributed by atoms with van der Waals surface area (Å²) in [6.07, 6.45) is 0.0582. The molecule has 20 heavy (non-hydrogen) atoms. The molecule has 5 nitrogen and oxygen atoms in total. The number of carbonyl (C=O) groups excluding carboxylic acids is 1. The van der Waals surface area contributed by atoms with Crippen LogP contribution in [-0.2, 0) is 9.53 Å². The van der Waals surface area contributed by atoms with Gasteiger partial charge in [-0.3, -0.25) is 4.79 Å². The van der Waals surface area contributed by atoms with Crippen molar-refractivity contribution in [1.82, 2.24) is 4.90 Å². The fourth-order valence-electron chi connectivity index (χ4n) is 1.45. The van der Waals surface area contributed by atoms with E-state index >= 15 is 0 Å². The molecule has 0 aliphatic heterocycles. The summed E-state index contributed by atoms with van der Waals surface area (Å²) in [4.78, 5) is 13.3. The first-order chi connectivity index (χ1) is 9.52. The normalized spacial score (nSPS) is 10.4. The first-order valence-electron chi connectivity index (χ1n) is 6.65. The lowest BCUT2D eigenvalue weighted by atomic mass is 10.3. The topological polar surface area (TPSA) is 48.0 Å². The van der Waals surface area contributed by atoms with Gasteiger partial charge in [0.2, 0.25) is 5.91 Å². The van der Waals surface area contributed by atoms with Crippen LogP contribution in [0.1, 0.15) is 13.8 Å². The van der Waals surface area contributed by atoms with Gasteiger partial charge in [0.15, 0.2) is 0 Å². The third kappa shape index (κ3) is 5.93. The molecule has 1 amide bonds. The van der Waals surface area contributed by atoms with Crippen LogP contribution in [0.5, 0.6) is 11.5 Å². The lowest BCUT2D eigenvalue weighted by molar-refractivity contribution is -0.136. The SMILES string of the molecule is COc1ccc(OCCN(C)C(=O)COC(C)C)cc1. The minimum absolute atomic E-state index is 0.0444. The summed E-state index contributed by atoms with van der Waals surface area (Å²) in [5, 5.41) is 0. The van der Waals surface area contributed by atoms with Gasteiger partial charge in [-0.05, 0) is 38.1 Å². The van der Waals surface area contributed by atoms with Crippen molar-refractivity contribution >= 4 is 5.91 Å². The molecule has 0 saturated carbocycles. The number of hydrogen-bond acceptors (Lipinski definition) is 4. The Morgan fingerprint density at radius 3 is 2.35 bits per heavy atom. The Morgan fingerprint density at radius 2 is 1.80 bits per heavy atom. The summed E-state index contributed by atoms with van der Waals surface area (Å²) in [6.45, 7) is 4.87. The van der Waals surface area contributed by atoms with E-state index in [4.69, 9.17) is 14.2 Å². The monoisotopic (exact) mass is 281 g/mol. The van der Waals surface area contributed by atoms with Crippen LogP contribution in [-0.4, -0.2) is 50.8 Å². The van der Waals surface area contributed by atoms with Gasteiger partial charge in [0.1, 0.15) is 24.7 Å². The zero-order valence-corrected chi connectivity index (χ0v) is 12.6. The highest BCUT2D eigenvalue weighted by Crippen LogP contribution is 2.16. The van der Waals surface area contributed by atoms with E-state index < -0.39 is 0 Å². The zero-order chi connectivity index (χ0) is 15.0. The Hall–Kier alpha value is -1.75. The molecular formula is C15H23NO4. The van der Waals surface area contributed by atoms with E-state index in [9.17, 15) is 4.79 Å². The molecule has 0 spiro atoms. The number of rotatable bonds is 8. The van der Waals surface area contributed by atoms with Gasteiger partial charge >= 0.3 is 0 Å². The first kappa shape index (κ1) is 16.3. The molecule has 0 saturated heterocycles. The van der Waals surface area contributed by atoms with Crippen molar-refractivity contribution in [2.24, 2.45) is 0 Å². The van der Waals surface area contributed by atoms with E-state index in [1.54, 1.807) is 19.1 Å². The number of amides is 1. The molecule has 0 N–H and O–H groups in total. The van der Waals surface area contributed by atoms with Crippen LogP contribution >= 0.6 is 0 Å². The molecule has 0 fully saturated rings. The van der Waals surface area contributed by atoms with Crippen LogP contribution in [0.25, 0.3) is 0 Å². The Morgan fingerprint density at radius 1 is 1.20 bits per heavy atom. The van der Waals surface area contributed by atoms with Crippen LogP contribution in [0.4, 0.5) is 0 Å². The molecule has 0 heterocycles. The molecule has 0 atom stereocenters. The van der Waals surface area contributed by atoms with Crippen LogP contribution < -0.4 is 9.47 Å². The van der Waals surface area contributed by atoms with Crippen molar-refractivity contribution in [3.63, 3.8) is 0 Å². The highest BCUT2D eigenvalue weighted by molar-refractivity contribution is 5.77. The number of carbonyl (C=O) groups is 1. The van der Waals surface area contributed by atoms with Gasteiger partial charge in [0, 0.05) is 7.05 Å². The van der Waals surface area contributed by atoms with Crippen LogP contribution in [0.2, 0.25) is 0 Å². The van der Waals surface area contributed by atoms with E-state index in [0.29, 0.717) is 13.2 Å². The Kier molecular flexibility index (Phi) is 6.87. The smallest absolute Gasteiger partial charge is 0.248 e. The van der Waals surface area contributed by atoms with Crippen molar-refractivity contribution < 1.29 is 19.0 Å². The molecule has 112 valence electrons. The van der Waals surface area contributed by atoms with Gasteiger partial charge in [-0.1, -0.05) is 0 Å². The largest absolute Gasteiger partial charge is 0.497 e. The van der Waals surface area contributed by atoms with Crippen LogP contribution in [0.15, 0.2) is 24.3 Å². The van der Waals surface area contributed by atoms with Crippen LogP contribution in [0.3, 0.4) is 0 Å². The summed E-state index contributed by atoms with van der Waals surface area (Å²) in [5.74, 6) is 1.50. The van der Waals surface area contributed by atoms with Gasteiger partial charge in [0.05, 0.1) is 19.8 Å². The maximum Gasteiger partial charge on any atom is 0.248 e. The predicted octanol–water partition coefficient (Wildman–Crippen LogP) is 1.96. The predicted molar refractivity (Wildman–Crippen MR) is 77.2 cm³/mol. The van der Waals surface area contributed by atoms with Crippen molar-refractivity contribution in [2.45, 2.75) is 20.0 Å². The fourth-order valence-corrected chi connectivity index (χ4v) is 1.45. The van der Waals surface area contributed by atoms with Crippen molar-refractivity contribution in [2.75, 3.05) is 33.9 Å². The second-order valence-electron chi connectivity index (χ2n) is 4.70. The van der Waals surface area contributed by atoms with Gasteiger partial charge < -0.3 is 19.1 Å². The maximum absolute atomic E-state index is 11.7. The Bertz CT molecular complexity index is 403. The number of benzene rings is 1. The lowest BCUT2D eigenvalue weighted by Gasteiger charge is -2.18. The molecule has 1 rings (SSSR count). The third-order valence-corrected chi connectivity index (χ3v) is 2.72. The lowest BCUT2D eigenvalue weighted by Crippen LogP contribution is -2.34.